The molecule has 1 N–H and O–H groups in total. The molecular weight excluding hydrogens is 342 g/mol. The number of thioether (sulfide) groups is 1. The number of hydrogen-bond acceptors (Lipinski definition) is 3. The zero-order valence-electron chi connectivity index (χ0n) is 16.0. The van der Waals surface area contributed by atoms with Gasteiger partial charge in [0.25, 0.3) is 0 Å². The summed E-state index contributed by atoms with van der Waals surface area (Å²) >= 11 is 2.05. The van der Waals surface area contributed by atoms with Gasteiger partial charge in [-0.15, -0.1) is 0 Å². The van der Waals surface area contributed by atoms with E-state index in [1.165, 1.54) is 11.1 Å². The van der Waals surface area contributed by atoms with Crippen molar-refractivity contribution >= 4 is 17.7 Å². The highest BCUT2D eigenvalue weighted by Crippen LogP contribution is 2.29. The predicted octanol–water partition coefficient (Wildman–Crippen LogP) is 3.22. The SMILES string of the molecule is CCNC(=NCc1ccc(Cn2ccnc2)cc1)N1CCSC(C)(C)C1. The van der Waals surface area contributed by atoms with Crippen LogP contribution in [0.5, 0.6) is 0 Å². The van der Waals surface area contributed by atoms with Crippen LogP contribution in [0.2, 0.25) is 0 Å². The molecule has 0 saturated carbocycles. The van der Waals surface area contributed by atoms with Crippen molar-refractivity contribution in [2.45, 2.75) is 38.6 Å². The van der Waals surface area contributed by atoms with E-state index in [1.807, 2.05) is 30.5 Å². The number of guanidine groups is 1. The molecule has 0 amide bonds. The fourth-order valence-corrected chi connectivity index (χ4v) is 4.24. The van der Waals surface area contributed by atoms with Gasteiger partial charge in [0.2, 0.25) is 0 Å². The molecule has 1 fully saturated rings. The zero-order valence-corrected chi connectivity index (χ0v) is 16.8. The Kier molecular flexibility index (Phi) is 6.25. The Balaban J connectivity index is 1.63. The highest BCUT2D eigenvalue weighted by atomic mass is 32.2. The number of rotatable bonds is 5. The van der Waals surface area contributed by atoms with E-state index in [-0.39, 0.29) is 4.75 Å². The highest BCUT2D eigenvalue weighted by molar-refractivity contribution is 8.00. The number of hydrogen-bond donors (Lipinski definition) is 1. The van der Waals surface area contributed by atoms with Gasteiger partial charge in [0.15, 0.2) is 5.96 Å². The number of aromatic nitrogens is 2. The van der Waals surface area contributed by atoms with Gasteiger partial charge in [-0.3, -0.25) is 0 Å². The second-order valence-electron chi connectivity index (χ2n) is 7.25. The minimum absolute atomic E-state index is 0.281. The van der Waals surface area contributed by atoms with E-state index in [4.69, 9.17) is 4.99 Å². The largest absolute Gasteiger partial charge is 0.357 e. The molecule has 0 bridgehead atoms. The van der Waals surface area contributed by atoms with Crippen LogP contribution in [0.15, 0.2) is 48.0 Å². The summed E-state index contributed by atoms with van der Waals surface area (Å²) in [4.78, 5) is 11.4. The van der Waals surface area contributed by atoms with Crippen molar-refractivity contribution in [2.24, 2.45) is 4.99 Å². The van der Waals surface area contributed by atoms with E-state index < -0.39 is 0 Å². The van der Waals surface area contributed by atoms with Crippen LogP contribution in [0, 0.1) is 0 Å². The first-order valence-corrected chi connectivity index (χ1v) is 10.2. The van der Waals surface area contributed by atoms with Gasteiger partial charge in [-0.25, -0.2) is 9.98 Å². The molecule has 6 heteroatoms. The van der Waals surface area contributed by atoms with Crippen molar-refractivity contribution in [3.63, 3.8) is 0 Å². The maximum Gasteiger partial charge on any atom is 0.194 e. The number of imidazole rings is 1. The molecule has 5 nitrogen and oxygen atoms in total. The highest BCUT2D eigenvalue weighted by Gasteiger charge is 2.28. The van der Waals surface area contributed by atoms with Crippen LogP contribution in [0.1, 0.15) is 31.9 Å². The van der Waals surface area contributed by atoms with Gasteiger partial charge >= 0.3 is 0 Å². The van der Waals surface area contributed by atoms with Crippen LogP contribution < -0.4 is 5.32 Å². The average molecular weight is 372 g/mol. The molecule has 0 unspecified atom stereocenters. The third kappa shape index (κ3) is 5.27. The van der Waals surface area contributed by atoms with Crippen LogP contribution in [-0.2, 0) is 13.1 Å². The van der Waals surface area contributed by atoms with Gasteiger partial charge in [0.1, 0.15) is 0 Å². The Labute approximate surface area is 160 Å². The Morgan fingerprint density at radius 2 is 2.04 bits per heavy atom. The van der Waals surface area contributed by atoms with E-state index in [2.05, 4.69) is 64.8 Å². The fourth-order valence-electron chi connectivity index (χ4n) is 3.13. The van der Waals surface area contributed by atoms with Crippen LogP contribution in [0.4, 0.5) is 0 Å². The smallest absolute Gasteiger partial charge is 0.194 e. The number of aliphatic imine (C=N–C) groups is 1. The third-order valence-electron chi connectivity index (χ3n) is 4.42. The zero-order chi connectivity index (χ0) is 18.4. The minimum Gasteiger partial charge on any atom is -0.357 e. The lowest BCUT2D eigenvalue weighted by atomic mass is 10.1. The van der Waals surface area contributed by atoms with Crippen molar-refractivity contribution in [1.82, 2.24) is 19.8 Å². The fraction of sp³-hybridized carbons (Fsp3) is 0.500. The maximum atomic E-state index is 4.89. The van der Waals surface area contributed by atoms with Crippen molar-refractivity contribution < 1.29 is 0 Å². The minimum atomic E-state index is 0.281. The molecule has 26 heavy (non-hydrogen) atoms. The third-order valence-corrected chi connectivity index (χ3v) is 5.72. The first-order chi connectivity index (χ1) is 12.6. The number of benzene rings is 1. The number of nitrogens with one attached hydrogen (secondary N) is 1. The van der Waals surface area contributed by atoms with E-state index in [1.54, 1.807) is 0 Å². The Morgan fingerprint density at radius 3 is 2.69 bits per heavy atom. The van der Waals surface area contributed by atoms with Crippen LogP contribution in [0.25, 0.3) is 0 Å². The second kappa shape index (κ2) is 8.62. The van der Waals surface area contributed by atoms with Crippen LogP contribution in [0.3, 0.4) is 0 Å². The quantitative estimate of drug-likeness (QED) is 0.647. The van der Waals surface area contributed by atoms with Gasteiger partial charge in [-0.2, -0.15) is 11.8 Å². The summed E-state index contributed by atoms with van der Waals surface area (Å²) in [6.07, 6.45) is 5.64. The summed E-state index contributed by atoms with van der Waals surface area (Å²) in [5.41, 5.74) is 2.51. The molecule has 1 aromatic heterocycles. The molecule has 2 heterocycles. The van der Waals surface area contributed by atoms with Crippen molar-refractivity contribution in [3.05, 3.63) is 54.1 Å². The molecule has 0 aliphatic carbocycles. The monoisotopic (exact) mass is 371 g/mol. The van der Waals surface area contributed by atoms with E-state index in [0.29, 0.717) is 6.54 Å². The average Bonchev–Trinajstić information content (AvgIpc) is 3.12. The van der Waals surface area contributed by atoms with Crippen LogP contribution in [-0.4, -0.2) is 50.5 Å². The summed E-state index contributed by atoms with van der Waals surface area (Å²) in [6, 6.07) is 8.71. The molecule has 0 spiro atoms. The standard InChI is InChI=1S/C20H29N5S/c1-4-22-19(25-11-12-26-20(2,3)15-25)23-13-17-5-7-18(8-6-17)14-24-10-9-21-16-24/h5-10,16H,4,11-15H2,1-3H3,(H,22,23). The lowest BCUT2D eigenvalue weighted by Gasteiger charge is -2.39. The molecular formula is C20H29N5S. The first-order valence-electron chi connectivity index (χ1n) is 9.26. The van der Waals surface area contributed by atoms with Gasteiger partial charge in [-0.1, -0.05) is 24.3 Å². The molecule has 2 aromatic rings. The summed E-state index contributed by atoms with van der Waals surface area (Å²) in [7, 11) is 0. The van der Waals surface area contributed by atoms with Gasteiger partial charge < -0.3 is 14.8 Å². The Bertz CT molecular complexity index is 706. The first kappa shape index (κ1) is 18.8. The molecule has 1 aromatic carbocycles. The van der Waals surface area contributed by atoms with Gasteiger partial charge in [0, 0.05) is 49.1 Å². The molecule has 1 aliphatic rings. The molecule has 1 saturated heterocycles. The van der Waals surface area contributed by atoms with Gasteiger partial charge in [-0.05, 0) is 31.9 Å². The number of nitrogens with zero attached hydrogens (tertiary/aromatic N) is 4. The van der Waals surface area contributed by atoms with E-state index in [0.717, 1.165) is 37.9 Å². The summed E-state index contributed by atoms with van der Waals surface area (Å²) in [5, 5.41) is 3.46. The second-order valence-corrected chi connectivity index (χ2v) is 9.05. The molecule has 140 valence electrons. The summed E-state index contributed by atoms with van der Waals surface area (Å²) < 4.78 is 2.36. The summed E-state index contributed by atoms with van der Waals surface area (Å²) in [6.45, 7) is 11.3. The predicted molar refractivity (Wildman–Crippen MR) is 111 cm³/mol. The molecule has 1 aliphatic heterocycles. The van der Waals surface area contributed by atoms with E-state index in [9.17, 15) is 0 Å². The van der Waals surface area contributed by atoms with Crippen molar-refractivity contribution in [3.8, 4) is 0 Å². The Hall–Kier alpha value is -1.95. The normalized spacial score (nSPS) is 17.3. The van der Waals surface area contributed by atoms with Crippen molar-refractivity contribution in [1.29, 1.82) is 0 Å². The summed E-state index contributed by atoms with van der Waals surface area (Å²) in [5.74, 6) is 2.18. The topological polar surface area (TPSA) is 45.5 Å². The molecule has 0 atom stereocenters. The lowest BCUT2D eigenvalue weighted by Crippen LogP contribution is -2.50. The lowest BCUT2D eigenvalue weighted by molar-refractivity contribution is 0.376. The maximum absolute atomic E-state index is 4.89. The van der Waals surface area contributed by atoms with Crippen molar-refractivity contribution in [2.75, 3.05) is 25.4 Å². The molecule has 3 rings (SSSR count). The van der Waals surface area contributed by atoms with Gasteiger partial charge in [0.05, 0.1) is 12.9 Å². The Morgan fingerprint density at radius 1 is 1.27 bits per heavy atom. The molecule has 0 radical (unpaired) electrons. The van der Waals surface area contributed by atoms with E-state index >= 15 is 0 Å². The van der Waals surface area contributed by atoms with Crippen LogP contribution >= 0.6 is 11.8 Å².